The van der Waals surface area contributed by atoms with Crippen LogP contribution in [0.4, 0.5) is 5.13 Å². The molecule has 0 aliphatic carbocycles. The lowest BCUT2D eigenvalue weighted by atomic mass is 10.2. The fraction of sp³-hybridized carbons (Fsp3) is 0.167. The van der Waals surface area contributed by atoms with Crippen LogP contribution in [0.3, 0.4) is 0 Å². The van der Waals surface area contributed by atoms with Gasteiger partial charge in [-0.05, 0) is 17.7 Å². The molecule has 0 radical (unpaired) electrons. The zero-order chi connectivity index (χ0) is 17.5. The topological polar surface area (TPSA) is 73.3 Å². The third kappa shape index (κ3) is 4.77. The largest absolute Gasteiger partial charge is 0.493 e. The van der Waals surface area contributed by atoms with Crippen LogP contribution < -0.4 is 14.8 Å². The number of amides is 1. The molecule has 6 nitrogen and oxygen atoms in total. The number of rotatable bonds is 7. The SMILES string of the molecule is COc1ccccc1OCC(=O)Nc1nnc(Cc2ccccc2)s1. The minimum Gasteiger partial charge on any atom is -0.493 e. The molecule has 0 fully saturated rings. The summed E-state index contributed by atoms with van der Waals surface area (Å²) in [4.78, 5) is 12.0. The first kappa shape index (κ1) is 16.9. The van der Waals surface area contributed by atoms with E-state index in [4.69, 9.17) is 9.47 Å². The molecule has 0 aliphatic heterocycles. The third-order valence-corrected chi connectivity index (χ3v) is 4.18. The molecule has 0 atom stereocenters. The number of nitrogens with zero attached hydrogens (tertiary/aromatic N) is 2. The summed E-state index contributed by atoms with van der Waals surface area (Å²) in [6, 6.07) is 17.2. The van der Waals surface area contributed by atoms with Gasteiger partial charge in [-0.15, -0.1) is 10.2 Å². The second-order valence-electron chi connectivity index (χ2n) is 5.15. The Morgan fingerprint density at radius 3 is 2.52 bits per heavy atom. The average molecular weight is 355 g/mol. The standard InChI is InChI=1S/C18H17N3O3S/c1-23-14-9-5-6-10-15(14)24-12-16(22)19-18-21-20-17(25-18)11-13-7-3-2-4-8-13/h2-10H,11-12H2,1H3,(H,19,21,22). The summed E-state index contributed by atoms with van der Waals surface area (Å²) in [5.74, 6) is 0.798. The van der Waals surface area contributed by atoms with Crippen LogP contribution in [0.2, 0.25) is 0 Å². The van der Waals surface area contributed by atoms with Gasteiger partial charge >= 0.3 is 0 Å². The minimum absolute atomic E-state index is 0.131. The van der Waals surface area contributed by atoms with Gasteiger partial charge in [-0.3, -0.25) is 10.1 Å². The van der Waals surface area contributed by atoms with E-state index in [0.717, 1.165) is 10.6 Å². The van der Waals surface area contributed by atoms with Gasteiger partial charge in [0.25, 0.3) is 5.91 Å². The Morgan fingerprint density at radius 1 is 1.04 bits per heavy atom. The van der Waals surface area contributed by atoms with Gasteiger partial charge in [-0.2, -0.15) is 0 Å². The van der Waals surface area contributed by atoms with Crippen LogP contribution in [0.15, 0.2) is 54.6 Å². The normalized spacial score (nSPS) is 10.3. The quantitative estimate of drug-likeness (QED) is 0.705. The molecule has 1 aromatic heterocycles. The summed E-state index contributed by atoms with van der Waals surface area (Å²) in [5, 5.41) is 12.1. The van der Waals surface area contributed by atoms with Crippen molar-refractivity contribution >= 4 is 22.4 Å². The van der Waals surface area contributed by atoms with Crippen LogP contribution in [0.5, 0.6) is 11.5 Å². The average Bonchev–Trinajstić information content (AvgIpc) is 3.07. The summed E-state index contributed by atoms with van der Waals surface area (Å²) in [7, 11) is 1.55. The number of carbonyl (C=O) groups is 1. The van der Waals surface area contributed by atoms with Gasteiger partial charge in [0.05, 0.1) is 7.11 Å². The van der Waals surface area contributed by atoms with E-state index in [0.29, 0.717) is 23.1 Å². The van der Waals surface area contributed by atoms with E-state index in [1.807, 2.05) is 42.5 Å². The van der Waals surface area contributed by atoms with Crippen LogP contribution >= 0.6 is 11.3 Å². The number of ether oxygens (including phenoxy) is 2. The summed E-state index contributed by atoms with van der Waals surface area (Å²) in [5.41, 5.74) is 1.15. The van der Waals surface area contributed by atoms with Crippen LogP contribution in [-0.4, -0.2) is 29.8 Å². The van der Waals surface area contributed by atoms with Crippen LogP contribution in [0.1, 0.15) is 10.6 Å². The molecule has 0 bridgehead atoms. The van der Waals surface area contributed by atoms with E-state index >= 15 is 0 Å². The summed E-state index contributed by atoms with van der Waals surface area (Å²) < 4.78 is 10.7. The molecule has 2 aromatic carbocycles. The smallest absolute Gasteiger partial charge is 0.264 e. The monoisotopic (exact) mass is 355 g/mol. The summed E-state index contributed by atoms with van der Waals surface area (Å²) in [6.45, 7) is -0.131. The highest BCUT2D eigenvalue weighted by atomic mass is 32.1. The zero-order valence-electron chi connectivity index (χ0n) is 13.6. The fourth-order valence-electron chi connectivity index (χ4n) is 2.18. The second kappa shape index (κ2) is 8.25. The number of aromatic nitrogens is 2. The lowest BCUT2D eigenvalue weighted by molar-refractivity contribution is -0.118. The maximum Gasteiger partial charge on any atom is 0.264 e. The van der Waals surface area contributed by atoms with Gasteiger partial charge in [-0.25, -0.2) is 0 Å². The van der Waals surface area contributed by atoms with E-state index in [-0.39, 0.29) is 12.5 Å². The Hall–Kier alpha value is -2.93. The first-order chi connectivity index (χ1) is 12.2. The van der Waals surface area contributed by atoms with Gasteiger partial charge in [0.15, 0.2) is 18.1 Å². The zero-order valence-corrected chi connectivity index (χ0v) is 14.5. The van der Waals surface area contributed by atoms with Crippen molar-refractivity contribution in [1.29, 1.82) is 0 Å². The highest BCUT2D eigenvalue weighted by Crippen LogP contribution is 2.25. The van der Waals surface area contributed by atoms with Gasteiger partial charge in [0.1, 0.15) is 5.01 Å². The molecular weight excluding hydrogens is 338 g/mol. The third-order valence-electron chi connectivity index (χ3n) is 3.34. The highest BCUT2D eigenvalue weighted by molar-refractivity contribution is 7.15. The Balaban J connectivity index is 1.53. The van der Waals surface area contributed by atoms with Gasteiger partial charge in [0.2, 0.25) is 5.13 Å². The van der Waals surface area contributed by atoms with E-state index in [9.17, 15) is 4.79 Å². The highest BCUT2D eigenvalue weighted by Gasteiger charge is 2.11. The number of anilines is 1. The van der Waals surface area contributed by atoms with Crippen LogP contribution in [0.25, 0.3) is 0 Å². The van der Waals surface area contributed by atoms with Gasteiger partial charge in [0, 0.05) is 6.42 Å². The summed E-state index contributed by atoms with van der Waals surface area (Å²) >= 11 is 1.35. The van der Waals surface area contributed by atoms with E-state index < -0.39 is 0 Å². The van der Waals surface area contributed by atoms with Crippen molar-refractivity contribution in [3.63, 3.8) is 0 Å². The Bertz CT molecular complexity index is 836. The molecule has 3 rings (SSSR count). The number of hydrogen-bond donors (Lipinski definition) is 1. The molecule has 1 heterocycles. The van der Waals surface area contributed by atoms with E-state index in [1.54, 1.807) is 19.2 Å². The number of benzene rings is 2. The molecule has 0 aliphatic rings. The predicted molar refractivity (Wildman–Crippen MR) is 96.3 cm³/mol. The lowest BCUT2D eigenvalue weighted by Crippen LogP contribution is -2.20. The first-order valence-electron chi connectivity index (χ1n) is 7.66. The van der Waals surface area contributed by atoms with Crippen LogP contribution in [-0.2, 0) is 11.2 Å². The van der Waals surface area contributed by atoms with Crippen molar-refractivity contribution in [3.05, 3.63) is 65.2 Å². The number of hydrogen-bond acceptors (Lipinski definition) is 6. The number of nitrogens with one attached hydrogen (secondary N) is 1. The molecule has 1 amide bonds. The molecular formula is C18H17N3O3S. The fourth-order valence-corrected chi connectivity index (χ4v) is 2.97. The first-order valence-corrected chi connectivity index (χ1v) is 8.48. The lowest BCUT2D eigenvalue weighted by Gasteiger charge is -2.09. The molecule has 0 spiro atoms. The maximum atomic E-state index is 12.0. The van der Waals surface area contributed by atoms with Crippen molar-refractivity contribution < 1.29 is 14.3 Å². The number of carbonyl (C=O) groups excluding carboxylic acids is 1. The second-order valence-corrected chi connectivity index (χ2v) is 6.21. The maximum absolute atomic E-state index is 12.0. The van der Waals surface area contributed by atoms with Crippen molar-refractivity contribution in [1.82, 2.24) is 10.2 Å². The Kier molecular flexibility index (Phi) is 5.58. The Labute approximate surface area is 149 Å². The van der Waals surface area contributed by atoms with Crippen molar-refractivity contribution in [3.8, 4) is 11.5 Å². The summed E-state index contributed by atoms with van der Waals surface area (Å²) in [6.07, 6.45) is 0.687. The molecule has 3 aromatic rings. The van der Waals surface area contributed by atoms with Gasteiger partial charge < -0.3 is 9.47 Å². The van der Waals surface area contributed by atoms with E-state index in [1.165, 1.54) is 11.3 Å². The predicted octanol–water partition coefficient (Wildman–Crippen LogP) is 3.16. The molecule has 7 heteroatoms. The molecule has 0 saturated heterocycles. The number of methoxy groups -OCH3 is 1. The molecule has 0 unspecified atom stereocenters. The van der Waals surface area contributed by atoms with Crippen molar-refractivity contribution in [2.75, 3.05) is 19.0 Å². The minimum atomic E-state index is -0.298. The van der Waals surface area contributed by atoms with Crippen molar-refractivity contribution in [2.45, 2.75) is 6.42 Å². The molecule has 0 saturated carbocycles. The molecule has 1 N–H and O–H groups in total. The van der Waals surface area contributed by atoms with Crippen molar-refractivity contribution in [2.24, 2.45) is 0 Å². The van der Waals surface area contributed by atoms with E-state index in [2.05, 4.69) is 15.5 Å². The van der Waals surface area contributed by atoms with Gasteiger partial charge in [-0.1, -0.05) is 53.8 Å². The molecule has 128 valence electrons. The molecule has 25 heavy (non-hydrogen) atoms. The van der Waals surface area contributed by atoms with Crippen LogP contribution in [0, 0.1) is 0 Å². The number of para-hydroxylation sites is 2. The Morgan fingerprint density at radius 2 is 1.76 bits per heavy atom.